The normalized spacial score (nSPS) is 5.40. The maximum atomic E-state index is 7.57. The summed E-state index contributed by atoms with van der Waals surface area (Å²) in [6, 6.07) is 0. The summed E-state index contributed by atoms with van der Waals surface area (Å²) in [6.07, 6.45) is 0. The first-order chi connectivity index (χ1) is 3.15. The maximum Gasteiger partial charge on any atom is 0.0402 e. The van der Waals surface area contributed by atoms with Crippen molar-refractivity contribution in [2.24, 2.45) is 0 Å². The van der Waals surface area contributed by atoms with Crippen LogP contribution in [-0.4, -0.2) is 48.7 Å². The Bertz CT molecular complexity index is 26.1. The Balaban J connectivity index is -0.0000000131. The third kappa shape index (κ3) is 9020. The van der Waals surface area contributed by atoms with Crippen molar-refractivity contribution in [2.75, 3.05) is 27.7 Å². The van der Waals surface area contributed by atoms with Crippen LogP contribution in [0.4, 0.5) is 0 Å². The van der Waals surface area contributed by atoms with Gasteiger partial charge in [-0.15, -0.1) is 0 Å². The molecule has 0 amide bonds. The second-order valence-electron chi connectivity index (χ2n) is 1.66. The Hall–Kier alpha value is -0.200. The highest BCUT2D eigenvalue weighted by Gasteiger charge is 1.58. The van der Waals surface area contributed by atoms with Gasteiger partial charge in [0.25, 0.3) is 0 Å². The van der Waals surface area contributed by atoms with Gasteiger partial charge in [-0.05, 0) is 28.1 Å². The number of aliphatic hydroxyl groups is 1. The molecule has 5 nitrogen and oxygen atoms in total. The predicted octanol–water partition coefficient (Wildman–Crippen LogP) is -1.31. The fourth-order valence-corrected chi connectivity index (χ4v) is 0. The van der Waals surface area contributed by atoms with Gasteiger partial charge < -0.3 is 27.1 Å². The molecule has 0 fully saturated rings. The molecule has 0 rings (SSSR count). The summed E-state index contributed by atoms with van der Waals surface area (Å²) < 4.78 is 0. The first-order valence-electron chi connectivity index (χ1n) is 2.36. The van der Waals surface area contributed by atoms with E-state index in [0.29, 0.717) is 0 Å². The lowest BCUT2D eigenvalue weighted by molar-refractivity contribution is 0.318. The monoisotopic (exact) mass is 158 g/mol. The summed E-state index contributed by atoms with van der Waals surface area (Å²) >= 11 is 0. The highest BCUT2D eigenvalue weighted by Crippen LogP contribution is 1.47. The SMILES string of the molecule is CCO.CN(C)C.N.O.O. The summed E-state index contributed by atoms with van der Waals surface area (Å²) in [5.74, 6) is 0. The highest BCUT2D eigenvalue weighted by atomic mass is 16.2. The molecule has 0 unspecified atom stereocenters. The fraction of sp³-hybridized carbons (Fsp3) is 1.00. The van der Waals surface area contributed by atoms with E-state index in [1.165, 1.54) is 0 Å². The number of nitrogens with zero attached hydrogens (tertiary/aromatic N) is 1. The van der Waals surface area contributed by atoms with Gasteiger partial charge in [0.15, 0.2) is 0 Å². The molecule has 0 aromatic rings. The van der Waals surface area contributed by atoms with Gasteiger partial charge in [0.05, 0.1) is 0 Å². The van der Waals surface area contributed by atoms with E-state index in [1.807, 2.05) is 26.0 Å². The lowest BCUT2D eigenvalue weighted by atomic mass is 10.9. The molecule has 10 heavy (non-hydrogen) atoms. The zero-order valence-corrected chi connectivity index (χ0v) is 7.31. The fourth-order valence-electron chi connectivity index (χ4n) is 0. The lowest BCUT2D eigenvalue weighted by Crippen LogP contribution is -1.99. The molecule has 0 spiro atoms. The van der Waals surface area contributed by atoms with Crippen molar-refractivity contribution in [3.8, 4) is 0 Å². The molecule has 70 valence electrons. The first kappa shape index (κ1) is 32.9. The van der Waals surface area contributed by atoms with Crippen LogP contribution in [0.1, 0.15) is 6.92 Å². The summed E-state index contributed by atoms with van der Waals surface area (Å²) in [5.41, 5.74) is 0. The van der Waals surface area contributed by atoms with Crippen molar-refractivity contribution in [3.05, 3.63) is 0 Å². The molecule has 0 saturated carbocycles. The summed E-state index contributed by atoms with van der Waals surface area (Å²) in [7, 11) is 6.00. The number of hydrogen-bond acceptors (Lipinski definition) is 3. The van der Waals surface area contributed by atoms with Crippen molar-refractivity contribution in [2.45, 2.75) is 6.92 Å². The van der Waals surface area contributed by atoms with Gasteiger partial charge >= 0.3 is 0 Å². The summed E-state index contributed by atoms with van der Waals surface area (Å²) in [5, 5.41) is 7.57. The van der Waals surface area contributed by atoms with Crippen LogP contribution in [0, 0.1) is 0 Å². The minimum atomic E-state index is 0. The molecule has 0 aliphatic heterocycles. The van der Waals surface area contributed by atoms with Crippen molar-refractivity contribution >= 4 is 0 Å². The van der Waals surface area contributed by atoms with E-state index in [9.17, 15) is 0 Å². The molecular formula is C5H22N2O3. The van der Waals surface area contributed by atoms with Gasteiger partial charge in [0, 0.05) is 6.61 Å². The molecule has 8 N–H and O–H groups in total. The van der Waals surface area contributed by atoms with Gasteiger partial charge in [-0.25, -0.2) is 0 Å². The molecule has 5 heteroatoms. The molecule has 0 aromatic heterocycles. The van der Waals surface area contributed by atoms with E-state index in [2.05, 4.69) is 0 Å². The summed E-state index contributed by atoms with van der Waals surface area (Å²) in [4.78, 5) is 2.00. The summed E-state index contributed by atoms with van der Waals surface area (Å²) in [6.45, 7) is 1.93. The highest BCUT2D eigenvalue weighted by molar-refractivity contribution is 4.09. The van der Waals surface area contributed by atoms with Crippen LogP contribution in [0.3, 0.4) is 0 Å². The Morgan fingerprint density at radius 2 is 1.10 bits per heavy atom. The molecular weight excluding hydrogens is 136 g/mol. The predicted molar refractivity (Wildman–Crippen MR) is 44.6 cm³/mol. The van der Waals surface area contributed by atoms with Crippen LogP contribution in [0.25, 0.3) is 0 Å². The van der Waals surface area contributed by atoms with E-state index < -0.39 is 0 Å². The maximum absolute atomic E-state index is 7.57. The number of rotatable bonds is 0. The Morgan fingerprint density at radius 1 is 1.10 bits per heavy atom. The number of hydrogen-bond donors (Lipinski definition) is 2. The Labute approximate surface area is 62.9 Å². The van der Waals surface area contributed by atoms with Crippen LogP contribution in [0.5, 0.6) is 0 Å². The average Bonchev–Trinajstić information content (AvgIpc) is 1.33. The van der Waals surface area contributed by atoms with Crippen LogP contribution in [0.15, 0.2) is 0 Å². The molecule has 0 aromatic carbocycles. The van der Waals surface area contributed by atoms with Gasteiger partial charge in [-0.3, -0.25) is 0 Å². The molecule has 0 aliphatic carbocycles. The van der Waals surface area contributed by atoms with E-state index in [1.54, 1.807) is 6.92 Å². The molecule has 0 bridgehead atoms. The lowest BCUT2D eigenvalue weighted by Gasteiger charge is -1.90. The van der Waals surface area contributed by atoms with Crippen LogP contribution in [-0.2, 0) is 0 Å². The quantitative estimate of drug-likeness (QED) is 0.455. The average molecular weight is 158 g/mol. The van der Waals surface area contributed by atoms with Gasteiger partial charge in [0.2, 0.25) is 0 Å². The Kier molecular flexibility index (Phi) is 122. The standard InChI is InChI=1S/C3H9N.C2H6O.H3N.2H2O/c1-4(2)3;1-2-3;;;/h1-3H3;3H,2H2,1H3;1H3;2*1H2. The van der Waals surface area contributed by atoms with Crippen molar-refractivity contribution in [1.29, 1.82) is 0 Å². The first-order valence-corrected chi connectivity index (χ1v) is 2.36. The number of aliphatic hydroxyl groups excluding tert-OH is 1. The van der Waals surface area contributed by atoms with Crippen molar-refractivity contribution < 1.29 is 16.1 Å². The van der Waals surface area contributed by atoms with Crippen LogP contribution < -0.4 is 6.15 Å². The van der Waals surface area contributed by atoms with E-state index >= 15 is 0 Å². The van der Waals surface area contributed by atoms with Gasteiger partial charge in [-0.1, -0.05) is 0 Å². The van der Waals surface area contributed by atoms with Crippen LogP contribution in [0.2, 0.25) is 0 Å². The van der Waals surface area contributed by atoms with Crippen LogP contribution >= 0.6 is 0 Å². The van der Waals surface area contributed by atoms with Gasteiger partial charge in [-0.2, -0.15) is 0 Å². The van der Waals surface area contributed by atoms with Crippen molar-refractivity contribution in [1.82, 2.24) is 11.1 Å². The van der Waals surface area contributed by atoms with Gasteiger partial charge in [0.1, 0.15) is 0 Å². The van der Waals surface area contributed by atoms with E-state index in [-0.39, 0.29) is 23.7 Å². The third-order valence-electron chi connectivity index (χ3n) is 0. The second-order valence-corrected chi connectivity index (χ2v) is 1.66. The minimum absolute atomic E-state index is 0. The largest absolute Gasteiger partial charge is 0.412 e. The molecule has 0 heterocycles. The zero-order chi connectivity index (χ0) is 6.28. The smallest absolute Gasteiger partial charge is 0.0402 e. The zero-order valence-electron chi connectivity index (χ0n) is 7.31. The topological polar surface area (TPSA) is 121 Å². The molecule has 0 atom stereocenters. The molecule has 0 radical (unpaired) electrons. The molecule has 0 saturated heterocycles. The second kappa shape index (κ2) is 37.1. The van der Waals surface area contributed by atoms with Crippen molar-refractivity contribution in [3.63, 3.8) is 0 Å². The molecule has 0 aliphatic rings. The van der Waals surface area contributed by atoms with E-state index in [4.69, 9.17) is 5.11 Å². The Morgan fingerprint density at radius 3 is 1.10 bits per heavy atom. The van der Waals surface area contributed by atoms with E-state index in [0.717, 1.165) is 0 Å². The third-order valence-corrected chi connectivity index (χ3v) is 0. The minimum Gasteiger partial charge on any atom is -0.412 e.